The first kappa shape index (κ1) is 12.5. The molecule has 1 aliphatic carbocycles. The number of hydrogen-bond acceptors (Lipinski definition) is 3. The second-order valence-electron chi connectivity index (χ2n) is 4.49. The molecule has 2 unspecified atom stereocenters. The molecular weight excluding hydrogens is 232 g/mol. The second-order valence-corrected chi connectivity index (χ2v) is 5.37. The lowest BCUT2D eigenvalue weighted by Gasteiger charge is -2.11. The fourth-order valence-corrected chi connectivity index (χ4v) is 2.66. The van der Waals surface area contributed by atoms with Gasteiger partial charge in [0, 0.05) is 22.5 Å². The average Bonchev–Trinajstić information content (AvgIpc) is 2.76. The maximum Gasteiger partial charge on any atom is 0.227 e. The number of nitrogens with one attached hydrogen (secondary N) is 1. The van der Waals surface area contributed by atoms with Crippen molar-refractivity contribution in [1.82, 2.24) is 0 Å². The summed E-state index contributed by atoms with van der Waals surface area (Å²) in [7, 11) is 0. The van der Waals surface area contributed by atoms with Gasteiger partial charge in [-0.05, 0) is 43.7 Å². The number of thioether (sulfide) groups is 1. The highest BCUT2D eigenvalue weighted by molar-refractivity contribution is 7.98. The van der Waals surface area contributed by atoms with Crippen molar-refractivity contribution in [2.75, 3.05) is 11.6 Å². The van der Waals surface area contributed by atoms with Gasteiger partial charge in [-0.15, -0.1) is 11.8 Å². The highest BCUT2D eigenvalue weighted by atomic mass is 32.2. The van der Waals surface area contributed by atoms with Crippen molar-refractivity contribution in [3.05, 3.63) is 24.3 Å². The van der Waals surface area contributed by atoms with E-state index in [1.807, 2.05) is 30.5 Å². The fraction of sp³-hybridized carbons (Fsp3) is 0.462. The Kier molecular flexibility index (Phi) is 4.07. The van der Waals surface area contributed by atoms with Gasteiger partial charge in [-0.1, -0.05) is 6.07 Å². The summed E-state index contributed by atoms with van der Waals surface area (Å²) in [5, 5.41) is 2.97. The molecule has 3 nitrogen and oxygen atoms in total. The first-order chi connectivity index (χ1) is 8.19. The summed E-state index contributed by atoms with van der Waals surface area (Å²) in [6, 6.07) is 8.11. The Morgan fingerprint density at radius 1 is 1.47 bits per heavy atom. The van der Waals surface area contributed by atoms with Crippen LogP contribution >= 0.6 is 11.8 Å². The molecule has 0 radical (unpaired) electrons. The fourth-order valence-electron chi connectivity index (χ4n) is 2.20. The van der Waals surface area contributed by atoms with Gasteiger partial charge in [0.15, 0.2) is 0 Å². The lowest BCUT2D eigenvalue weighted by Crippen LogP contribution is -2.23. The van der Waals surface area contributed by atoms with Crippen LogP contribution in [-0.4, -0.2) is 18.2 Å². The molecule has 3 N–H and O–H groups in total. The average molecular weight is 250 g/mol. The molecule has 1 amide bonds. The number of nitrogens with two attached hydrogens (primary N) is 1. The number of carbonyl (C=O) groups is 1. The smallest absolute Gasteiger partial charge is 0.227 e. The minimum Gasteiger partial charge on any atom is -0.328 e. The highest BCUT2D eigenvalue weighted by Gasteiger charge is 2.27. The zero-order valence-corrected chi connectivity index (χ0v) is 10.8. The van der Waals surface area contributed by atoms with E-state index in [9.17, 15) is 4.79 Å². The second kappa shape index (κ2) is 5.56. The van der Waals surface area contributed by atoms with Crippen LogP contribution in [-0.2, 0) is 4.79 Å². The van der Waals surface area contributed by atoms with E-state index in [0.717, 1.165) is 29.8 Å². The minimum absolute atomic E-state index is 0.0861. The quantitative estimate of drug-likeness (QED) is 0.810. The zero-order chi connectivity index (χ0) is 12.3. The molecule has 0 aliphatic heterocycles. The highest BCUT2D eigenvalue weighted by Crippen LogP contribution is 2.26. The Morgan fingerprint density at radius 2 is 2.29 bits per heavy atom. The van der Waals surface area contributed by atoms with Crippen LogP contribution in [0.5, 0.6) is 0 Å². The lowest BCUT2D eigenvalue weighted by molar-refractivity contribution is -0.119. The molecule has 0 heterocycles. The van der Waals surface area contributed by atoms with Crippen LogP contribution in [0.1, 0.15) is 19.3 Å². The molecule has 1 aromatic carbocycles. The summed E-state index contributed by atoms with van der Waals surface area (Å²) in [5.41, 5.74) is 6.70. The van der Waals surface area contributed by atoms with Crippen molar-refractivity contribution in [3.8, 4) is 0 Å². The van der Waals surface area contributed by atoms with Gasteiger partial charge in [-0.2, -0.15) is 0 Å². The van der Waals surface area contributed by atoms with E-state index in [1.54, 1.807) is 11.8 Å². The van der Waals surface area contributed by atoms with Gasteiger partial charge in [0.25, 0.3) is 0 Å². The van der Waals surface area contributed by atoms with Crippen molar-refractivity contribution in [1.29, 1.82) is 0 Å². The molecule has 0 aromatic heterocycles. The maximum absolute atomic E-state index is 12.0. The van der Waals surface area contributed by atoms with E-state index < -0.39 is 0 Å². The third kappa shape index (κ3) is 3.23. The first-order valence-corrected chi connectivity index (χ1v) is 7.12. The molecule has 0 bridgehead atoms. The van der Waals surface area contributed by atoms with Crippen LogP contribution in [0.4, 0.5) is 5.69 Å². The Hall–Kier alpha value is -1.00. The van der Waals surface area contributed by atoms with Crippen LogP contribution in [0.2, 0.25) is 0 Å². The van der Waals surface area contributed by atoms with Gasteiger partial charge in [0.2, 0.25) is 5.91 Å². The molecule has 2 rings (SSSR count). The lowest BCUT2D eigenvalue weighted by atomic mass is 10.1. The molecule has 0 spiro atoms. The topological polar surface area (TPSA) is 55.1 Å². The number of hydrogen-bond donors (Lipinski definition) is 2. The number of benzene rings is 1. The first-order valence-electron chi connectivity index (χ1n) is 5.89. The molecule has 92 valence electrons. The third-order valence-electron chi connectivity index (χ3n) is 3.18. The summed E-state index contributed by atoms with van der Waals surface area (Å²) in [4.78, 5) is 13.1. The maximum atomic E-state index is 12.0. The third-order valence-corrected chi connectivity index (χ3v) is 3.91. The summed E-state index contributed by atoms with van der Waals surface area (Å²) >= 11 is 1.67. The van der Waals surface area contributed by atoms with Gasteiger partial charge in [0.1, 0.15) is 0 Å². The summed E-state index contributed by atoms with van der Waals surface area (Å²) < 4.78 is 0. The van der Waals surface area contributed by atoms with Gasteiger partial charge >= 0.3 is 0 Å². The summed E-state index contributed by atoms with van der Waals surface area (Å²) in [6.45, 7) is 0. The number of anilines is 1. The molecule has 4 heteroatoms. The predicted molar refractivity (Wildman–Crippen MR) is 72.2 cm³/mol. The Morgan fingerprint density at radius 3 is 2.94 bits per heavy atom. The molecule has 0 saturated heterocycles. The van der Waals surface area contributed by atoms with E-state index in [4.69, 9.17) is 5.73 Å². The Bertz CT molecular complexity index is 408. The van der Waals surface area contributed by atoms with Gasteiger partial charge in [-0.25, -0.2) is 0 Å². The van der Waals surface area contributed by atoms with Crippen molar-refractivity contribution >= 4 is 23.4 Å². The number of rotatable bonds is 3. The molecule has 1 saturated carbocycles. The van der Waals surface area contributed by atoms with Crippen LogP contribution in [0.3, 0.4) is 0 Å². The molecule has 2 atom stereocenters. The monoisotopic (exact) mass is 250 g/mol. The van der Waals surface area contributed by atoms with Crippen LogP contribution in [0.15, 0.2) is 29.2 Å². The molecule has 1 aliphatic rings. The van der Waals surface area contributed by atoms with Crippen LogP contribution < -0.4 is 11.1 Å². The van der Waals surface area contributed by atoms with Crippen molar-refractivity contribution in [3.63, 3.8) is 0 Å². The largest absolute Gasteiger partial charge is 0.328 e. The summed E-state index contributed by atoms with van der Waals surface area (Å²) in [6.07, 6.45) is 4.71. The van der Waals surface area contributed by atoms with E-state index >= 15 is 0 Å². The van der Waals surface area contributed by atoms with Crippen molar-refractivity contribution < 1.29 is 4.79 Å². The Balaban J connectivity index is 1.98. The van der Waals surface area contributed by atoms with Crippen LogP contribution in [0, 0.1) is 5.92 Å². The Labute approximate surface area is 106 Å². The number of carbonyl (C=O) groups excluding carboxylic acids is 1. The van der Waals surface area contributed by atoms with E-state index in [1.165, 1.54) is 0 Å². The zero-order valence-electron chi connectivity index (χ0n) is 9.98. The van der Waals surface area contributed by atoms with Crippen molar-refractivity contribution in [2.45, 2.75) is 30.2 Å². The SMILES string of the molecule is CSc1cccc(NC(=O)C2CCC(N)C2)c1. The van der Waals surface area contributed by atoms with Gasteiger partial charge in [0.05, 0.1) is 0 Å². The van der Waals surface area contributed by atoms with E-state index in [0.29, 0.717) is 0 Å². The number of amides is 1. The normalized spacial score (nSPS) is 23.6. The predicted octanol–water partition coefficient (Wildman–Crippen LogP) is 2.47. The molecule has 1 fully saturated rings. The van der Waals surface area contributed by atoms with E-state index in [-0.39, 0.29) is 17.9 Å². The van der Waals surface area contributed by atoms with Gasteiger partial charge < -0.3 is 11.1 Å². The standard InChI is InChI=1S/C13H18N2OS/c1-17-12-4-2-3-11(8-12)15-13(16)9-5-6-10(14)7-9/h2-4,8-10H,5-7,14H2,1H3,(H,15,16). The molecule has 17 heavy (non-hydrogen) atoms. The molecular formula is C13H18N2OS. The van der Waals surface area contributed by atoms with Gasteiger partial charge in [-0.3, -0.25) is 4.79 Å². The molecule has 1 aromatic rings. The van der Waals surface area contributed by atoms with Crippen molar-refractivity contribution in [2.24, 2.45) is 11.7 Å². The van der Waals surface area contributed by atoms with Crippen LogP contribution in [0.25, 0.3) is 0 Å². The minimum atomic E-state index is 0.0861. The van der Waals surface area contributed by atoms with E-state index in [2.05, 4.69) is 5.32 Å². The summed E-state index contributed by atoms with van der Waals surface area (Å²) in [5.74, 6) is 0.194.